The lowest BCUT2D eigenvalue weighted by Gasteiger charge is -2.30. The van der Waals surface area contributed by atoms with Crippen LogP contribution in [0.5, 0.6) is 0 Å². The van der Waals surface area contributed by atoms with Gasteiger partial charge in [0.25, 0.3) is 5.91 Å². The molecule has 1 amide bonds. The maximum Gasteiger partial charge on any atom is 0.306 e. The summed E-state index contributed by atoms with van der Waals surface area (Å²) in [6, 6.07) is 15.2. The molecule has 0 atom stereocenters. The number of para-hydroxylation sites is 1. The summed E-state index contributed by atoms with van der Waals surface area (Å²) >= 11 is 0. The van der Waals surface area contributed by atoms with Crippen LogP contribution < -0.4 is 0 Å². The first kappa shape index (κ1) is 18.1. The van der Waals surface area contributed by atoms with E-state index in [0.29, 0.717) is 42.7 Å². The Bertz CT molecular complexity index is 1040. The molecule has 0 spiro atoms. The Labute approximate surface area is 161 Å². The first-order valence-electron chi connectivity index (χ1n) is 9.21. The molecule has 2 aromatic carbocycles. The number of carbonyl (C=O) groups excluding carboxylic acids is 1. The van der Waals surface area contributed by atoms with Gasteiger partial charge in [-0.15, -0.1) is 0 Å². The predicted molar refractivity (Wildman–Crippen MR) is 103 cm³/mol. The molecule has 0 unspecified atom stereocenters. The highest BCUT2D eigenvalue weighted by molar-refractivity contribution is 6.07. The number of hydrogen-bond acceptors (Lipinski definition) is 3. The number of carboxylic acid groups (broad SMARTS) is 1. The molecule has 1 fully saturated rings. The number of piperidine rings is 1. The Kier molecular flexibility index (Phi) is 4.77. The Balaban J connectivity index is 1.72. The summed E-state index contributed by atoms with van der Waals surface area (Å²) in [5.74, 6) is -1.67. The first-order chi connectivity index (χ1) is 13.5. The molecule has 0 bridgehead atoms. The summed E-state index contributed by atoms with van der Waals surface area (Å²) in [5.41, 5.74) is 2.54. The van der Waals surface area contributed by atoms with Gasteiger partial charge in [-0.1, -0.05) is 18.2 Å². The largest absolute Gasteiger partial charge is 0.481 e. The molecule has 0 aliphatic carbocycles. The second-order valence-electron chi connectivity index (χ2n) is 6.98. The smallest absolute Gasteiger partial charge is 0.306 e. The maximum atomic E-state index is 13.3. The standard InChI is InChI=1S/C22H19FN2O3/c23-16-7-5-14(6-8-16)20-13-18(17-3-1-2-4-19(17)24-20)21(26)25-11-9-15(10-12-25)22(27)28/h1-8,13,15H,9-12H2,(H,27,28). The zero-order valence-corrected chi connectivity index (χ0v) is 15.1. The van der Waals surface area contributed by atoms with Crippen molar-refractivity contribution in [1.29, 1.82) is 0 Å². The van der Waals surface area contributed by atoms with Gasteiger partial charge < -0.3 is 10.0 Å². The van der Waals surface area contributed by atoms with E-state index in [-0.39, 0.29) is 11.7 Å². The summed E-state index contributed by atoms with van der Waals surface area (Å²) in [6.07, 6.45) is 0.907. The highest BCUT2D eigenvalue weighted by atomic mass is 19.1. The highest BCUT2D eigenvalue weighted by Crippen LogP contribution is 2.27. The van der Waals surface area contributed by atoms with Crippen molar-refractivity contribution in [3.63, 3.8) is 0 Å². The second-order valence-corrected chi connectivity index (χ2v) is 6.98. The van der Waals surface area contributed by atoms with Crippen molar-refractivity contribution >= 4 is 22.8 Å². The SMILES string of the molecule is O=C(O)C1CCN(C(=O)c2cc(-c3ccc(F)cc3)nc3ccccc23)CC1. The number of halogens is 1. The Morgan fingerprint density at radius 3 is 2.39 bits per heavy atom. The van der Waals surface area contributed by atoms with Crippen molar-refractivity contribution in [3.05, 3.63) is 66.0 Å². The molecular weight excluding hydrogens is 359 g/mol. The number of aliphatic carboxylic acids is 1. The van der Waals surface area contributed by atoms with Gasteiger partial charge in [-0.2, -0.15) is 0 Å². The molecule has 1 aliphatic heterocycles. The van der Waals surface area contributed by atoms with Gasteiger partial charge in [0, 0.05) is 24.0 Å². The van der Waals surface area contributed by atoms with Crippen LogP contribution in [0.1, 0.15) is 23.2 Å². The fraction of sp³-hybridized carbons (Fsp3) is 0.227. The van der Waals surface area contributed by atoms with E-state index in [9.17, 15) is 14.0 Å². The highest BCUT2D eigenvalue weighted by Gasteiger charge is 2.28. The zero-order valence-electron chi connectivity index (χ0n) is 15.1. The number of nitrogens with zero attached hydrogens (tertiary/aromatic N) is 2. The van der Waals surface area contributed by atoms with E-state index in [1.807, 2.05) is 24.3 Å². The number of benzene rings is 2. The van der Waals surface area contributed by atoms with Crippen LogP contribution in [0, 0.1) is 11.7 Å². The Morgan fingerprint density at radius 1 is 1.04 bits per heavy atom. The number of fused-ring (bicyclic) bond motifs is 1. The number of likely N-dealkylation sites (tertiary alicyclic amines) is 1. The van der Waals surface area contributed by atoms with Crippen molar-refractivity contribution in [3.8, 4) is 11.3 Å². The van der Waals surface area contributed by atoms with Crippen molar-refractivity contribution in [2.24, 2.45) is 5.92 Å². The van der Waals surface area contributed by atoms with Gasteiger partial charge in [-0.3, -0.25) is 9.59 Å². The van der Waals surface area contributed by atoms with Crippen molar-refractivity contribution < 1.29 is 19.1 Å². The summed E-state index contributed by atoms with van der Waals surface area (Å²) in [5, 5.41) is 9.91. The lowest BCUT2D eigenvalue weighted by atomic mass is 9.96. The van der Waals surface area contributed by atoms with E-state index in [0.717, 1.165) is 10.9 Å². The molecule has 4 rings (SSSR count). The number of carboxylic acids is 1. The normalized spacial score (nSPS) is 15.0. The van der Waals surface area contributed by atoms with E-state index in [1.54, 1.807) is 23.1 Å². The van der Waals surface area contributed by atoms with Crippen LogP contribution >= 0.6 is 0 Å². The third-order valence-corrected chi connectivity index (χ3v) is 5.22. The van der Waals surface area contributed by atoms with E-state index < -0.39 is 11.9 Å². The minimum absolute atomic E-state index is 0.134. The molecule has 6 heteroatoms. The first-order valence-corrected chi connectivity index (χ1v) is 9.21. The number of rotatable bonds is 3. The Morgan fingerprint density at radius 2 is 1.71 bits per heavy atom. The monoisotopic (exact) mass is 378 g/mol. The number of carbonyl (C=O) groups is 2. The van der Waals surface area contributed by atoms with Gasteiger partial charge in [0.2, 0.25) is 0 Å². The van der Waals surface area contributed by atoms with E-state index in [4.69, 9.17) is 5.11 Å². The second kappa shape index (κ2) is 7.38. The van der Waals surface area contributed by atoms with E-state index >= 15 is 0 Å². The van der Waals surface area contributed by atoms with Crippen LogP contribution in [0.4, 0.5) is 4.39 Å². The van der Waals surface area contributed by atoms with E-state index in [2.05, 4.69) is 4.98 Å². The average Bonchev–Trinajstić information content (AvgIpc) is 2.73. The summed E-state index contributed by atoms with van der Waals surface area (Å²) in [7, 11) is 0. The minimum atomic E-state index is -0.806. The van der Waals surface area contributed by atoms with Crippen LogP contribution in [0.2, 0.25) is 0 Å². The Hall–Kier alpha value is -3.28. The van der Waals surface area contributed by atoms with Crippen LogP contribution in [-0.2, 0) is 4.79 Å². The van der Waals surface area contributed by atoms with Crippen LogP contribution in [0.3, 0.4) is 0 Å². The minimum Gasteiger partial charge on any atom is -0.481 e. The average molecular weight is 378 g/mol. The van der Waals surface area contributed by atoms with E-state index in [1.165, 1.54) is 12.1 Å². The lowest BCUT2D eigenvalue weighted by Crippen LogP contribution is -2.40. The van der Waals surface area contributed by atoms with Crippen molar-refractivity contribution in [2.45, 2.75) is 12.8 Å². The molecular formula is C22H19FN2O3. The van der Waals surface area contributed by atoms with Gasteiger partial charge >= 0.3 is 5.97 Å². The van der Waals surface area contributed by atoms with Gasteiger partial charge in [-0.05, 0) is 49.2 Å². The molecule has 142 valence electrons. The number of amides is 1. The van der Waals surface area contributed by atoms with Crippen molar-refractivity contribution in [1.82, 2.24) is 9.88 Å². The molecule has 1 N–H and O–H groups in total. The fourth-order valence-corrected chi connectivity index (χ4v) is 3.62. The molecule has 3 aromatic rings. The van der Waals surface area contributed by atoms with Gasteiger partial charge in [-0.25, -0.2) is 9.37 Å². The van der Waals surface area contributed by atoms with Crippen LogP contribution in [0.15, 0.2) is 54.6 Å². The third kappa shape index (κ3) is 3.45. The summed E-state index contributed by atoms with van der Waals surface area (Å²) < 4.78 is 13.3. The lowest BCUT2D eigenvalue weighted by molar-refractivity contribution is -0.143. The molecule has 0 saturated carbocycles. The molecule has 1 saturated heterocycles. The third-order valence-electron chi connectivity index (χ3n) is 5.22. The number of hydrogen-bond donors (Lipinski definition) is 1. The van der Waals surface area contributed by atoms with Gasteiger partial charge in [0.15, 0.2) is 0 Å². The molecule has 2 heterocycles. The summed E-state index contributed by atoms with van der Waals surface area (Å²) in [4.78, 5) is 30.7. The number of pyridine rings is 1. The molecule has 5 nitrogen and oxygen atoms in total. The molecule has 28 heavy (non-hydrogen) atoms. The molecule has 1 aromatic heterocycles. The molecule has 0 radical (unpaired) electrons. The predicted octanol–water partition coefficient (Wildman–Crippen LogP) is 3.98. The number of aromatic nitrogens is 1. The fourth-order valence-electron chi connectivity index (χ4n) is 3.62. The van der Waals surface area contributed by atoms with Crippen LogP contribution in [-0.4, -0.2) is 40.0 Å². The van der Waals surface area contributed by atoms with Gasteiger partial charge in [0.1, 0.15) is 5.82 Å². The van der Waals surface area contributed by atoms with Crippen molar-refractivity contribution in [2.75, 3.05) is 13.1 Å². The zero-order chi connectivity index (χ0) is 19.7. The topological polar surface area (TPSA) is 70.5 Å². The maximum absolute atomic E-state index is 13.3. The summed E-state index contributed by atoms with van der Waals surface area (Å²) in [6.45, 7) is 0.830. The van der Waals surface area contributed by atoms with Crippen LogP contribution in [0.25, 0.3) is 22.2 Å². The van der Waals surface area contributed by atoms with Gasteiger partial charge in [0.05, 0.1) is 22.7 Å². The quantitative estimate of drug-likeness (QED) is 0.748. The molecule has 1 aliphatic rings.